The van der Waals surface area contributed by atoms with Crippen molar-refractivity contribution in [3.05, 3.63) is 53.2 Å². The Morgan fingerprint density at radius 3 is 2.83 bits per heavy atom. The van der Waals surface area contributed by atoms with E-state index < -0.39 is 0 Å². The smallest absolute Gasteiger partial charge is 0.234 e. The normalized spacial score (nSPS) is 17.1. The average Bonchev–Trinajstić information content (AvgIpc) is 3.05. The Hall–Kier alpha value is -2.07. The number of nitrogens with zero attached hydrogens (tertiary/aromatic N) is 2. The second-order valence-corrected chi connectivity index (χ2v) is 6.20. The lowest BCUT2D eigenvalue weighted by molar-refractivity contribution is 0.0808. The SMILES string of the molecule is Cc1ncc(CC2CCc3c(C)c4ccccc4n3C2=O)[nH]1.Cl. The molecule has 1 aliphatic heterocycles. The number of halogens is 1. The Balaban J connectivity index is 0.00000156. The number of carbonyl (C=O) groups excluding carboxylic acids is 1. The van der Waals surface area contributed by atoms with Gasteiger partial charge in [0.2, 0.25) is 5.91 Å². The number of rotatable bonds is 2. The topological polar surface area (TPSA) is 50.7 Å². The Morgan fingerprint density at radius 1 is 1.30 bits per heavy atom. The van der Waals surface area contributed by atoms with Crippen LogP contribution in [-0.2, 0) is 12.8 Å². The molecule has 0 amide bonds. The van der Waals surface area contributed by atoms with Crippen molar-refractivity contribution in [3.63, 3.8) is 0 Å². The van der Waals surface area contributed by atoms with Crippen molar-refractivity contribution >= 4 is 29.2 Å². The van der Waals surface area contributed by atoms with E-state index in [1.165, 1.54) is 16.6 Å². The van der Waals surface area contributed by atoms with Crippen LogP contribution in [0.15, 0.2) is 30.5 Å². The molecule has 23 heavy (non-hydrogen) atoms. The second kappa shape index (κ2) is 5.85. The van der Waals surface area contributed by atoms with Gasteiger partial charge in [0.25, 0.3) is 0 Å². The van der Waals surface area contributed by atoms with Gasteiger partial charge in [0.15, 0.2) is 0 Å². The van der Waals surface area contributed by atoms with Crippen LogP contribution in [0.1, 0.15) is 34.0 Å². The molecule has 0 spiro atoms. The highest BCUT2D eigenvalue weighted by atomic mass is 35.5. The summed E-state index contributed by atoms with van der Waals surface area (Å²) in [5.74, 6) is 1.15. The van der Waals surface area contributed by atoms with Crippen molar-refractivity contribution in [2.45, 2.75) is 33.1 Å². The summed E-state index contributed by atoms with van der Waals surface area (Å²) in [6.45, 7) is 4.06. The van der Waals surface area contributed by atoms with E-state index in [1.54, 1.807) is 0 Å². The number of carbonyl (C=O) groups is 1. The van der Waals surface area contributed by atoms with E-state index in [-0.39, 0.29) is 24.2 Å². The van der Waals surface area contributed by atoms with Crippen molar-refractivity contribution in [3.8, 4) is 0 Å². The lowest BCUT2D eigenvalue weighted by Gasteiger charge is -2.23. The van der Waals surface area contributed by atoms with Gasteiger partial charge in [-0.2, -0.15) is 0 Å². The number of aromatic amines is 1. The minimum Gasteiger partial charge on any atom is -0.346 e. The van der Waals surface area contributed by atoms with Gasteiger partial charge in [-0.25, -0.2) is 4.98 Å². The first-order chi connectivity index (χ1) is 10.6. The van der Waals surface area contributed by atoms with Crippen LogP contribution in [0, 0.1) is 19.8 Å². The van der Waals surface area contributed by atoms with Crippen LogP contribution < -0.4 is 0 Å². The molecule has 120 valence electrons. The molecule has 5 heteroatoms. The largest absolute Gasteiger partial charge is 0.346 e. The Kier molecular flexibility index (Phi) is 4.02. The fourth-order valence-corrected chi connectivity index (χ4v) is 3.65. The zero-order valence-electron chi connectivity index (χ0n) is 13.3. The molecule has 3 heterocycles. The van der Waals surface area contributed by atoms with Crippen LogP contribution in [0.3, 0.4) is 0 Å². The molecule has 0 bridgehead atoms. The third-order valence-electron chi connectivity index (χ3n) is 4.77. The quantitative estimate of drug-likeness (QED) is 0.776. The summed E-state index contributed by atoms with van der Waals surface area (Å²) in [5.41, 5.74) is 4.53. The number of aryl methyl sites for hydroxylation is 2. The van der Waals surface area contributed by atoms with Gasteiger partial charge in [-0.3, -0.25) is 9.36 Å². The fourth-order valence-electron chi connectivity index (χ4n) is 3.65. The highest BCUT2D eigenvalue weighted by Gasteiger charge is 2.30. The molecule has 0 aliphatic carbocycles. The fraction of sp³-hybridized carbons (Fsp3) is 0.333. The van der Waals surface area contributed by atoms with Crippen molar-refractivity contribution < 1.29 is 4.79 Å². The van der Waals surface area contributed by atoms with Gasteiger partial charge in [0, 0.05) is 35.3 Å². The molecule has 1 aromatic carbocycles. The first kappa shape index (κ1) is 15.8. The number of hydrogen-bond acceptors (Lipinski definition) is 2. The molecule has 1 N–H and O–H groups in total. The van der Waals surface area contributed by atoms with Crippen LogP contribution in [0.5, 0.6) is 0 Å². The summed E-state index contributed by atoms with van der Waals surface area (Å²) in [6.07, 6.45) is 4.46. The molecule has 2 aromatic heterocycles. The summed E-state index contributed by atoms with van der Waals surface area (Å²) in [5, 5.41) is 1.20. The van der Waals surface area contributed by atoms with E-state index in [2.05, 4.69) is 23.0 Å². The number of hydrogen-bond donors (Lipinski definition) is 1. The lowest BCUT2D eigenvalue weighted by atomic mass is 9.92. The minimum atomic E-state index is 0. The van der Waals surface area contributed by atoms with Gasteiger partial charge >= 0.3 is 0 Å². The van der Waals surface area contributed by atoms with E-state index >= 15 is 0 Å². The van der Waals surface area contributed by atoms with Crippen LogP contribution in [0.2, 0.25) is 0 Å². The minimum absolute atomic E-state index is 0. The van der Waals surface area contributed by atoms with E-state index in [1.807, 2.05) is 35.9 Å². The maximum atomic E-state index is 13.0. The molecule has 0 radical (unpaired) electrons. The van der Waals surface area contributed by atoms with E-state index in [0.717, 1.165) is 36.3 Å². The summed E-state index contributed by atoms with van der Waals surface area (Å²) in [7, 11) is 0. The molecule has 0 saturated heterocycles. The van der Waals surface area contributed by atoms with Gasteiger partial charge < -0.3 is 4.98 Å². The third-order valence-corrected chi connectivity index (χ3v) is 4.77. The summed E-state index contributed by atoms with van der Waals surface area (Å²) in [4.78, 5) is 20.5. The maximum Gasteiger partial charge on any atom is 0.234 e. The molecular weight excluding hydrogens is 310 g/mol. The van der Waals surface area contributed by atoms with Crippen molar-refractivity contribution in [2.75, 3.05) is 0 Å². The maximum absolute atomic E-state index is 13.0. The molecule has 4 rings (SSSR count). The van der Waals surface area contributed by atoms with Gasteiger partial charge in [0.05, 0.1) is 5.52 Å². The number of benzene rings is 1. The summed E-state index contributed by atoms with van der Waals surface area (Å²) >= 11 is 0. The Labute approximate surface area is 141 Å². The Morgan fingerprint density at radius 2 is 2.09 bits per heavy atom. The van der Waals surface area contributed by atoms with Crippen molar-refractivity contribution in [2.24, 2.45) is 5.92 Å². The predicted molar refractivity (Wildman–Crippen MR) is 93.4 cm³/mol. The predicted octanol–water partition coefficient (Wildman–Crippen LogP) is 3.85. The number of para-hydroxylation sites is 1. The van der Waals surface area contributed by atoms with Crippen molar-refractivity contribution in [1.82, 2.24) is 14.5 Å². The van der Waals surface area contributed by atoms with Crippen LogP contribution in [0.4, 0.5) is 0 Å². The van der Waals surface area contributed by atoms with E-state index in [4.69, 9.17) is 0 Å². The lowest BCUT2D eigenvalue weighted by Crippen LogP contribution is -2.30. The van der Waals surface area contributed by atoms with Gasteiger partial charge in [-0.05, 0) is 38.3 Å². The standard InChI is InChI=1S/C18H19N3O.ClH/c1-11-15-5-3-4-6-17(15)21-16(11)8-7-13(18(21)22)9-14-10-19-12(2)20-14;/h3-6,10,13H,7-9H2,1-2H3,(H,19,20);1H. The summed E-state index contributed by atoms with van der Waals surface area (Å²) in [6, 6.07) is 8.20. The zero-order valence-corrected chi connectivity index (χ0v) is 14.1. The number of fused-ring (bicyclic) bond motifs is 3. The molecule has 3 aromatic rings. The molecule has 0 fully saturated rings. The van der Waals surface area contributed by atoms with E-state index in [9.17, 15) is 4.79 Å². The Bertz CT molecular complexity index is 878. The average molecular weight is 330 g/mol. The number of H-pyrrole nitrogens is 1. The number of aromatic nitrogens is 3. The highest BCUT2D eigenvalue weighted by Crippen LogP contribution is 2.32. The molecule has 1 unspecified atom stereocenters. The van der Waals surface area contributed by atoms with Crippen molar-refractivity contribution in [1.29, 1.82) is 0 Å². The third kappa shape index (κ3) is 2.47. The monoisotopic (exact) mass is 329 g/mol. The van der Waals surface area contributed by atoms with Gasteiger partial charge in [0.1, 0.15) is 5.82 Å². The van der Waals surface area contributed by atoms with Gasteiger partial charge in [-0.1, -0.05) is 18.2 Å². The number of nitrogens with one attached hydrogen (secondary N) is 1. The second-order valence-electron chi connectivity index (χ2n) is 6.20. The first-order valence-corrected chi connectivity index (χ1v) is 7.79. The molecule has 4 nitrogen and oxygen atoms in total. The molecule has 1 aliphatic rings. The van der Waals surface area contributed by atoms with Gasteiger partial charge in [-0.15, -0.1) is 12.4 Å². The van der Waals surface area contributed by atoms with Crippen LogP contribution >= 0.6 is 12.4 Å². The highest BCUT2D eigenvalue weighted by molar-refractivity contribution is 5.97. The number of imidazole rings is 1. The van der Waals surface area contributed by atoms with E-state index in [0.29, 0.717) is 0 Å². The van der Waals surface area contributed by atoms with Crippen LogP contribution in [0.25, 0.3) is 10.9 Å². The first-order valence-electron chi connectivity index (χ1n) is 7.79. The molecule has 0 saturated carbocycles. The van der Waals surface area contributed by atoms with Crippen LogP contribution in [-0.4, -0.2) is 20.4 Å². The zero-order chi connectivity index (χ0) is 15.3. The molecule has 1 atom stereocenters. The molecular formula is C18H20ClN3O. The summed E-state index contributed by atoms with van der Waals surface area (Å²) < 4.78 is 1.95.